The number of hydrogen-bond donors (Lipinski definition) is 1. The SMILES string of the molecule is CCCNC1CCCC1CCOc1ccc(F)cc1. The summed E-state index contributed by atoms with van der Waals surface area (Å²) >= 11 is 0. The van der Waals surface area contributed by atoms with Crippen LogP contribution < -0.4 is 10.1 Å². The zero-order chi connectivity index (χ0) is 13.5. The molecule has 1 aromatic rings. The van der Waals surface area contributed by atoms with Crippen molar-refractivity contribution < 1.29 is 9.13 Å². The van der Waals surface area contributed by atoms with Crippen LogP contribution in [0.15, 0.2) is 24.3 Å². The Labute approximate surface area is 115 Å². The zero-order valence-corrected chi connectivity index (χ0v) is 11.7. The first-order chi connectivity index (χ1) is 9.29. The van der Waals surface area contributed by atoms with Crippen LogP contribution in [-0.4, -0.2) is 19.2 Å². The molecule has 0 bridgehead atoms. The molecule has 0 saturated heterocycles. The molecule has 1 fully saturated rings. The van der Waals surface area contributed by atoms with E-state index in [1.165, 1.54) is 37.8 Å². The third-order valence-electron chi connectivity index (χ3n) is 3.89. The van der Waals surface area contributed by atoms with Crippen molar-refractivity contribution >= 4 is 0 Å². The topological polar surface area (TPSA) is 21.3 Å². The molecule has 0 radical (unpaired) electrons. The quantitative estimate of drug-likeness (QED) is 0.810. The van der Waals surface area contributed by atoms with Crippen LogP contribution in [0, 0.1) is 11.7 Å². The van der Waals surface area contributed by atoms with Gasteiger partial charge in [0, 0.05) is 6.04 Å². The van der Waals surface area contributed by atoms with Crippen molar-refractivity contribution in [2.45, 2.75) is 45.1 Å². The van der Waals surface area contributed by atoms with Crippen LogP contribution in [0.5, 0.6) is 5.75 Å². The molecule has 2 nitrogen and oxygen atoms in total. The fourth-order valence-corrected chi connectivity index (χ4v) is 2.84. The largest absolute Gasteiger partial charge is 0.494 e. The molecule has 19 heavy (non-hydrogen) atoms. The first-order valence-electron chi connectivity index (χ1n) is 7.41. The van der Waals surface area contributed by atoms with Crippen LogP contribution in [0.25, 0.3) is 0 Å². The van der Waals surface area contributed by atoms with E-state index in [1.807, 2.05) is 0 Å². The molecule has 2 rings (SSSR count). The highest BCUT2D eigenvalue weighted by atomic mass is 19.1. The van der Waals surface area contributed by atoms with E-state index in [1.54, 1.807) is 12.1 Å². The number of nitrogens with one attached hydrogen (secondary N) is 1. The van der Waals surface area contributed by atoms with E-state index in [2.05, 4.69) is 12.2 Å². The van der Waals surface area contributed by atoms with E-state index < -0.39 is 0 Å². The maximum Gasteiger partial charge on any atom is 0.123 e. The van der Waals surface area contributed by atoms with Crippen LogP contribution in [-0.2, 0) is 0 Å². The minimum absolute atomic E-state index is 0.216. The highest BCUT2D eigenvalue weighted by Crippen LogP contribution is 2.28. The Morgan fingerprint density at radius 2 is 2.05 bits per heavy atom. The zero-order valence-electron chi connectivity index (χ0n) is 11.7. The molecule has 0 aliphatic heterocycles. The molecule has 0 amide bonds. The van der Waals surface area contributed by atoms with E-state index >= 15 is 0 Å². The Hall–Kier alpha value is -1.09. The highest BCUT2D eigenvalue weighted by molar-refractivity contribution is 5.21. The normalized spacial score (nSPS) is 22.6. The van der Waals surface area contributed by atoms with Gasteiger partial charge in [-0.15, -0.1) is 0 Å². The van der Waals surface area contributed by atoms with Crippen LogP contribution in [0.1, 0.15) is 39.0 Å². The number of benzene rings is 1. The summed E-state index contributed by atoms with van der Waals surface area (Å²) < 4.78 is 18.4. The first-order valence-corrected chi connectivity index (χ1v) is 7.41. The first kappa shape index (κ1) is 14.3. The minimum atomic E-state index is -0.216. The minimum Gasteiger partial charge on any atom is -0.494 e. The lowest BCUT2D eigenvalue weighted by atomic mass is 10.00. The van der Waals surface area contributed by atoms with E-state index in [4.69, 9.17) is 4.74 Å². The Kier molecular flexibility index (Phi) is 5.64. The van der Waals surface area contributed by atoms with Gasteiger partial charge in [0.25, 0.3) is 0 Å². The fraction of sp³-hybridized carbons (Fsp3) is 0.625. The van der Waals surface area contributed by atoms with Crippen molar-refractivity contribution in [2.75, 3.05) is 13.2 Å². The van der Waals surface area contributed by atoms with Gasteiger partial charge in [-0.3, -0.25) is 0 Å². The van der Waals surface area contributed by atoms with Gasteiger partial charge in [-0.25, -0.2) is 4.39 Å². The molecule has 2 atom stereocenters. The second kappa shape index (κ2) is 7.49. The molecule has 1 N–H and O–H groups in total. The molecule has 0 aromatic heterocycles. The monoisotopic (exact) mass is 265 g/mol. The van der Waals surface area contributed by atoms with Crippen LogP contribution in [0.4, 0.5) is 4.39 Å². The van der Waals surface area contributed by atoms with Crippen molar-refractivity contribution in [3.8, 4) is 5.75 Å². The summed E-state index contributed by atoms with van der Waals surface area (Å²) in [5.74, 6) is 1.27. The molecule has 0 spiro atoms. The predicted octanol–water partition coefficient (Wildman–Crippen LogP) is 3.76. The lowest BCUT2D eigenvalue weighted by molar-refractivity contribution is 0.260. The van der Waals surface area contributed by atoms with Gasteiger partial charge in [-0.2, -0.15) is 0 Å². The highest BCUT2D eigenvalue weighted by Gasteiger charge is 2.26. The summed E-state index contributed by atoms with van der Waals surface area (Å²) in [4.78, 5) is 0. The third kappa shape index (κ3) is 4.50. The Balaban J connectivity index is 1.71. The number of ether oxygens (including phenoxy) is 1. The molecule has 0 heterocycles. The standard InChI is InChI=1S/C16H24FNO/c1-2-11-18-16-5-3-4-13(16)10-12-19-15-8-6-14(17)7-9-15/h6-9,13,16,18H,2-5,10-12H2,1H3. The van der Waals surface area contributed by atoms with E-state index in [9.17, 15) is 4.39 Å². The van der Waals surface area contributed by atoms with Gasteiger partial charge in [0.2, 0.25) is 0 Å². The van der Waals surface area contributed by atoms with Crippen LogP contribution >= 0.6 is 0 Å². The third-order valence-corrected chi connectivity index (χ3v) is 3.89. The van der Waals surface area contributed by atoms with Crippen molar-refractivity contribution in [3.63, 3.8) is 0 Å². The summed E-state index contributed by atoms with van der Waals surface area (Å²) in [6.07, 6.45) is 6.19. The van der Waals surface area contributed by atoms with Gasteiger partial charge >= 0.3 is 0 Å². The Bertz CT molecular complexity index is 366. The number of rotatable bonds is 7. The van der Waals surface area contributed by atoms with Crippen LogP contribution in [0.2, 0.25) is 0 Å². The van der Waals surface area contributed by atoms with E-state index in [-0.39, 0.29) is 5.82 Å². The van der Waals surface area contributed by atoms with Crippen molar-refractivity contribution in [1.29, 1.82) is 0 Å². The molecule has 1 saturated carbocycles. The predicted molar refractivity (Wildman–Crippen MR) is 75.9 cm³/mol. The summed E-state index contributed by atoms with van der Waals surface area (Å²) in [5.41, 5.74) is 0. The van der Waals surface area contributed by atoms with Gasteiger partial charge in [0.1, 0.15) is 11.6 Å². The van der Waals surface area contributed by atoms with Crippen molar-refractivity contribution in [3.05, 3.63) is 30.1 Å². The second-order valence-corrected chi connectivity index (χ2v) is 5.34. The number of hydrogen-bond acceptors (Lipinski definition) is 2. The van der Waals surface area contributed by atoms with Crippen molar-refractivity contribution in [2.24, 2.45) is 5.92 Å². The van der Waals surface area contributed by atoms with Crippen molar-refractivity contribution in [1.82, 2.24) is 5.32 Å². The average molecular weight is 265 g/mol. The van der Waals surface area contributed by atoms with Gasteiger partial charge in [-0.05, 0) is 62.4 Å². The molecule has 1 aliphatic carbocycles. The molecule has 2 unspecified atom stereocenters. The van der Waals surface area contributed by atoms with E-state index in [0.717, 1.165) is 31.2 Å². The van der Waals surface area contributed by atoms with Gasteiger partial charge < -0.3 is 10.1 Å². The van der Waals surface area contributed by atoms with Gasteiger partial charge in [-0.1, -0.05) is 13.3 Å². The lowest BCUT2D eigenvalue weighted by Crippen LogP contribution is -2.33. The maximum absolute atomic E-state index is 12.8. The molecule has 106 valence electrons. The maximum atomic E-state index is 12.8. The molecule has 1 aromatic carbocycles. The van der Waals surface area contributed by atoms with Gasteiger partial charge in [0.15, 0.2) is 0 Å². The molecule has 1 aliphatic rings. The second-order valence-electron chi connectivity index (χ2n) is 5.34. The van der Waals surface area contributed by atoms with E-state index in [0.29, 0.717) is 6.04 Å². The fourth-order valence-electron chi connectivity index (χ4n) is 2.84. The molecule has 3 heteroatoms. The smallest absolute Gasteiger partial charge is 0.123 e. The Morgan fingerprint density at radius 1 is 1.26 bits per heavy atom. The van der Waals surface area contributed by atoms with Crippen LogP contribution in [0.3, 0.4) is 0 Å². The summed E-state index contributed by atoms with van der Waals surface area (Å²) in [6, 6.07) is 6.93. The summed E-state index contributed by atoms with van der Waals surface area (Å²) in [5, 5.41) is 3.63. The average Bonchev–Trinajstić information content (AvgIpc) is 2.86. The number of halogens is 1. The summed E-state index contributed by atoms with van der Waals surface area (Å²) in [6.45, 7) is 4.04. The van der Waals surface area contributed by atoms with Gasteiger partial charge in [0.05, 0.1) is 6.61 Å². The molecular formula is C16H24FNO. The summed E-state index contributed by atoms with van der Waals surface area (Å²) in [7, 11) is 0. The Morgan fingerprint density at radius 3 is 2.79 bits per heavy atom. The lowest BCUT2D eigenvalue weighted by Gasteiger charge is -2.20. The molecular weight excluding hydrogens is 241 g/mol.